The Hall–Kier alpha value is -1.88. The number of benzene rings is 1. The Kier molecular flexibility index (Phi) is 3.10. The van der Waals surface area contributed by atoms with Crippen molar-refractivity contribution >= 4 is 17.5 Å². The summed E-state index contributed by atoms with van der Waals surface area (Å²) < 4.78 is 18.4. The molecule has 88 valence electrons. The zero-order valence-corrected chi connectivity index (χ0v) is 9.70. The third-order valence-electron chi connectivity index (χ3n) is 2.05. The van der Waals surface area contributed by atoms with Crippen molar-refractivity contribution < 1.29 is 9.13 Å². The van der Waals surface area contributed by atoms with Gasteiger partial charge in [-0.15, -0.1) is 0 Å². The minimum atomic E-state index is -0.390. The van der Waals surface area contributed by atoms with Crippen LogP contribution in [0.4, 0.5) is 10.3 Å². The van der Waals surface area contributed by atoms with E-state index in [1.807, 2.05) is 0 Å². The van der Waals surface area contributed by atoms with Crippen molar-refractivity contribution in [1.82, 2.24) is 9.97 Å². The van der Waals surface area contributed by atoms with Gasteiger partial charge >= 0.3 is 0 Å². The Labute approximate surface area is 102 Å². The SMILES string of the molecule is Cc1ccc(F)cc1Oc1cc(Cl)nc(N)n1. The molecule has 0 saturated carbocycles. The molecule has 1 heterocycles. The Morgan fingerprint density at radius 2 is 2.06 bits per heavy atom. The van der Waals surface area contributed by atoms with Gasteiger partial charge in [-0.05, 0) is 18.6 Å². The lowest BCUT2D eigenvalue weighted by Gasteiger charge is -2.08. The van der Waals surface area contributed by atoms with E-state index < -0.39 is 5.82 Å². The minimum absolute atomic E-state index is 0.00144. The highest BCUT2D eigenvalue weighted by molar-refractivity contribution is 6.29. The van der Waals surface area contributed by atoms with E-state index >= 15 is 0 Å². The van der Waals surface area contributed by atoms with E-state index in [4.69, 9.17) is 22.1 Å². The van der Waals surface area contributed by atoms with Crippen molar-refractivity contribution in [3.63, 3.8) is 0 Å². The van der Waals surface area contributed by atoms with Gasteiger partial charge in [-0.1, -0.05) is 17.7 Å². The molecule has 0 saturated heterocycles. The number of aryl methyl sites for hydroxylation is 1. The minimum Gasteiger partial charge on any atom is -0.438 e. The fraction of sp³-hybridized carbons (Fsp3) is 0.0909. The Morgan fingerprint density at radius 1 is 1.29 bits per heavy atom. The summed E-state index contributed by atoms with van der Waals surface area (Å²) in [5.74, 6) is 0.149. The molecular formula is C11H9ClFN3O. The van der Waals surface area contributed by atoms with Crippen molar-refractivity contribution in [3.8, 4) is 11.6 Å². The molecule has 0 aliphatic heterocycles. The summed E-state index contributed by atoms with van der Waals surface area (Å²) >= 11 is 5.70. The second-order valence-electron chi connectivity index (χ2n) is 3.40. The van der Waals surface area contributed by atoms with Gasteiger partial charge < -0.3 is 10.5 Å². The summed E-state index contributed by atoms with van der Waals surface area (Å²) in [6.45, 7) is 1.79. The van der Waals surface area contributed by atoms with Crippen LogP contribution in [0.3, 0.4) is 0 Å². The molecule has 6 heteroatoms. The van der Waals surface area contributed by atoms with E-state index in [0.717, 1.165) is 5.56 Å². The number of hydrogen-bond donors (Lipinski definition) is 1. The molecule has 0 bridgehead atoms. The van der Waals surface area contributed by atoms with Gasteiger partial charge in [0.2, 0.25) is 11.8 Å². The molecule has 0 aliphatic carbocycles. The summed E-state index contributed by atoms with van der Waals surface area (Å²) in [6, 6.07) is 5.63. The number of rotatable bonds is 2. The molecule has 2 aromatic rings. The van der Waals surface area contributed by atoms with Gasteiger partial charge in [0.15, 0.2) is 0 Å². The molecule has 0 unspecified atom stereocenters. The molecule has 1 aromatic heterocycles. The number of anilines is 1. The standard InChI is InChI=1S/C11H9ClFN3O/c1-6-2-3-7(13)4-8(6)17-10-5-9(12)15-11(14)16-10/h2-5H,1H3,(H2,14,15,16). The third-order valence-corrected chi connectivity index (χ3v) is 2.25. The summed E-state index contributed by atoms with van der Waals surface area (Å²) in [7, 11) is 0. The maximum absolute atomic E-state index is 13.0. The lowest BCUT2D eigenvalue weighted by molar-refractivity contribution is 0.454. The summed E-state index contributed by atoms with van der Waals surface area (Å²) in [4.78, 5) is 7.53. The smallest absolute Gasteiger partial charge is 0.225 e. The number of ether oxygens (including phenoxy) is 1. The van der Waals surface area contributed by atoms with E-state index in [1.165, 1.54) is 18.2 Å². The molecule has 0 spiro atoms. The Bertz CT molecular complexity index is 542. The van der Waals surface area contributed by atoms with Crippen molar-refractivity contribution in [2.75, 3.05) is 5.73 Å². The van der Waals surface area contributed by atoms with Crippen LogP contribution in [0.25, 0.3) is 0 Å². The average molecular weight is 254 g/mol. The quantitative estimate of drug-likeness (QED) is 0.836. The van der Waals surface area contributed by atoms with Gasteiger partial charge in [-0.25, -0.2) is 9.37 Å². The Morgan fingerprint density at radius 3 is 2.76 bits per heavy atom. The number of halogens is 2. The van der Waals surface area contributed by atoms with E-state index in [2.05, 4.69) is 9.97 Å². The first-order chi connectivity index (χ1) is 8.04. The van der Waals surface area contributed by atoms with Crippen LogP contribution >= 0.6 is 11.6 Å². The van der Waals surface area contributed by atoms with Crippen molar-refractivity contribution in [3.05, 3.63) is 40.8 Å². The summed E-state index contributed by atoms with van der Waals surface area (Å²) in [5, 5.41) is 0.168. The van der Waals surface area contributed by atoms with Crippen LogP contribution in [0.5, 0.6) is 11.6 Å². The van der Waals surface area contributed by atoms with Crippen LogP contribution in [-0.4, -0.2) is 9.97 Å². The predicted octanol–water partition coefficient (Wildman–Crippen LogP) is 2.95. The third kappa shape index (κ3) is 2.82. The lowest BCUT2D eigenvalue weighted by atomic mass is 10.2. The van der Waals surface area contributed by atoms with Gasteiger partial charge in [0.25, 0.3) is 0 Å². The van der Waals surface area contributed by atoms with Gasteiger partial charge in [-0.2, -0.15) is 4.98 Å². The second-order valence-corrected chi connectivity index (χ2v) is 3.79. The topological polar surface area (TPSA) is 61.0 Å². The fourth-order valence-electron chi connectivity index (χ4n) is 1.26. The van der Waals surface area contributed by atoms with E-state index in [0.29, 0.717) is 5.75 Å². The zero-order chi connectivity index (χ0) is 12.4. The maximum Gasteiger partial charge on any atom is 0.225 e. The summed E-state index contributed by atoms with van der Waals surface area (Å²) in [5.41, 5.74) is 6.20. The van der Waals surface area contributed by atoms with Crippen LogP contribution in [0.15, 0.2) is 24.3 Å². The first-order valence-corrected chi connectivity index (χ1v) is 5.16. The first-order valence-electron chi connectivity index (χ1n) is 4.78. The number of aromatic nitrogens is 2. The first kappa shape index (κ1) is 11.6. The lowest BCUT2D eigenvalue weighted by Crippen LogP contribution is -1.98. The molecule has 0 fully saturated rings. The van der Waals surface area contributed by atoms with Gasteiger partial charge in [0.05, 0.1) is 0 Å². The van der Waals surface area contributed by atoms with Gasteiger partial charge in [0, 0.05) is 12.1 Å². The molecule has 0 atom stereocenters. The molecule has 0 aliphatic rings. The average Bonchev–Trinajstić information content (AvgIpc) is 2.22. The highest BCUT2D eigenvalue weighted by atomic mass is 35.5. The van der Waals surface area contributed by atoms with Crippen molar-refractivity contribution in [2.45, 2.75) is 6.92 Å². The van der Waals surface area contributed by atoms with Gasteiger partial charge in [-0.3, -0.25) is 0 Å². The van der Waals surface area contributed by atoms with Crippen molar-refractivity contribution in [2.24, 2.45) is 0 Å². The molecule has 17 heavy (non-hydrogen) atoms. The van der Waals surface area contributed by atoms with Crippen LogP contribution in [0.1, 0.15) is 5.56 Å². The second kappa shape index (κ2) is 4.55. The number of nitrogens with two attached hydrogens (primary N) is 1. The van der Waals surface area contributed by atoms with Crippen molar-refractivity contribution in [1.29, 1.82) is 0 Å². The Balaban J connectivity index is 2.34. The number of hydrogen-bond acceptors (Lipinski definition) is 4. The number of nitrogens with zero attached hydrogens (tertiary/aromatic N) is 2. The fourth-order valence-corrected chi connectivity index (χ4v) is 1.44. The molecule has 0 radical (unpaired) electrons. The molecule has 4 nitrogen and oxygen atoms in total. The van der Waals surface area contributed by atoms with Crippen LogP contribution < -0.4 is 10.5 Å². The summed E-state index contributed by atoms with van der Waals surface area (Å²) in [6.07, 6.45) is 0. The normalized spacial score (nSPS) is 10.3. The maximum atomic E-state index is 13.0. The van der Waals surface area contributed by atoms with Gasteiger partial charge in [0.1, 0.15) is 16.7 Å². The molecule has 2 rings (SSSR count). The molecular weight excluding hydrogens is 245 g/mol. The predicted molar refractivity (Wildman–Crippen MR) is 62.7 cm³/mol. The highest BCUT2D eigenvalue weighted by Gasteiger charge is 2.06. The molecule has 0 amide bonds. The highest BCUT2D eigenvalue weighted by Crippen LogP contribution is 2.26. The number of nitrogen functional groups attached to an aromatic ring is 1. The van der Waals surface area contributed by atoms with E-state index in [1.54, 1.807) is 13.0 Å². The zero-order valence-electron chi connectivity index (χ0n) is 8.95. The largest absolute Gasteiger partial charge is 0.438 e. The monoisotopic (exact) mass is 253 g/mol. The van der Waals surface area contributed by atoms with Crippen LogP contribution in [0.2, 0.25) is 5.15 Å². The molecule has 2 N–H and O–H groups in total. The van der Waals surface area contributed by atoms with Crippen LogP contribution in [0, 0.1) is 12.7 Å². The van der Waals surface area contributed by atoms with Crippen LogP contribution in [-0.2, 0) is 0 Å². The molecule has 1 aromatic carbocycles. The van der Waals surface area contributed by atoms with E-state index in [9.17, 15) is 4.39 Å². The van der Waals surface area contributed by atoms with E-state index in [-0.39, 0.29) is 17.0 Å².